The summed E-state index contributed by atoms with van der Waals surface area (Å²) in [4.78, 5) is 27.8. The van der Waals surface area contributed by atoms with Gasteiger partial charge in [-0.25, -0.2) is 0 Å². The molecule has 0 unspecified atom stereocenters. The van der Waals surface area contributed by atoms with Crippen molar-refractivity contribution in [3.8, 4) is 5.75 Å². The van der Waals surface area contributed by atoms with E-state index in [0.29, 0.717) is 22.2 Å². The third kappa shape index (κ3) is 6.98. The molecular weight excluding hydrogens is 459 g/mol. The van der Waals surface area contributed by atoms with Crippen LogP contribution in [0.2, 0.25) is 10.0 Å². The molecule has 0 aliphatic rings. The van der Waals surface area contributed by atoms with Crippen LogP contribution in [0, 0.1) is 6.92 Å². The van der Waals surface area contributed by atoms with Crippen molar-refractivity contribution in [3.05, 3.63) is 99.5 Å². The highest BCUT2D eigenvalue weighted by Crippen LogP contribution is 2.24. The zero-order valence-corrected chi connectivity index (χ0v) is 20.1. The van der Waals surface area contributed by atoms with Gasteiger partial charge in [0.25, 0.3) is 5.91 Å². The van der Waals surface area contributed by atoms with Crippen molar-refractivity contribution < 1.29 is 14.3 Å². The molecule has 3 aromatic rings. The molecule has 1 atom stereocenters. The zero-order valence-electron chi connectivity index (χ0n) is 18.6. The number of carbonyl (C=O) groups excluding carboxylic acids is 2. The maximum Gasteiger partial charge on any atom is 0.261 e. The zero-order chi connectivity index (χ0) is 23.8. The molecule has 2 amide bonds. The Morgan fingerprint density at radius 3 is 2.27 bits per heavy atom. The second kappa shape index (κ2) is 11.7. The quantitative estimate of drug-likeness (QED) is 0.461. The standard InChI is InChI=1S/C26H26Cl2N2O3/c1-18-8-11-21(12-9-18)33-17-25(31)30(16-20-10-13-22(27)23(28)14-20)24(26(32)29-2)15-19-6-4-3-5-7-19/h3-14,24H,15-17H2,1-2H3,(H,29,32)/t24-/m0/s1. The second-order valence-corrected chi connectivity index (χ2v) is 8.51. The van der Waals surface area contributed by atoms with Crippen molar-refractivity contribution in [2.24, 2.45) is 0 Å². The van der Waals surface area contributed by atoms with Gasteiger partial charge in [-0.2, -0.15) is 0 Å². The van der Waals surface area contributed by atoms with Gasteiger partial charge < -0.3 is 15.0 Å². The Bertz CT molecular complexity index is 1090. The van der Waals surface area contributed by atoms with Gasteiger partial charge in [0.05, 0.1) is 10.0 Å². The maximum atomic E-state index is 13.4. The number of nitrogens with one attached hydrogen (secondary N) is 1. The molecule has 0 saturated carbocycles. The summed E-state index contributed by atoms with van der Waals surface area (Å²) in [5.41, 5.74) is 2.80. The fourth-order valence-electron chi connectivity index (χ4n) is 3.42. The minimum Gasteiger partial charge on any atom is -0.484 e. The smallest absolute Gasteiger partial charge is 0.261 e. The molecule has 0 aliphatic carbocycles. The van der Waals surface area contributed by atoms with Crippen LogP contribution in [0.4, 0.5) is 0 Å². The fraction of sp³-hybridized carbons (Fsp3) is 0.231. The highest BCUT2D eigenvalue weighted by Gasteiger charge is 2.30. The van der Waals surface area contributed by atoms with E-state index in [0.717, 1.165) is 16.7 Å². The molecule has 0 spiro atoms. The van der Waals surface area contributed by atoms with Crippen LogP contribution in [0.3, 0.4) is 0 Å². The lowest BCUT2D eigenvalue weighted by atomic mass is 10.0. The van der Waals surface area contributed by atoms with Crippen LogP contribution in [0.15, 0.2) is 72.8 Å². The number of ether oxygens (including phenoxy) is 1. The number of amides is 2. The number of hydrogen-bond donors (Lipinski definition) is 1. The highest BCUT2D eigenvalue weighted by molar-refractivity contribution is 6.42. The molecule has 172 valence electrons. The Labute approximate surface area is 204 Å². The van der Waals surface area contributed by atoms with Crippen LogP contribution < -0.4 is 10.1 Å². The van der Waals surface area contributed by atoms with Crippen molar-refractivity contribution >= 4 is 35.0 Å². The van der Waals surface area contributed by atoms with Crippen LogP contribution in [0.5, 0.6) is 5.75 Å². The Balaban J connectivity index is 1.88. The Morgan fingerprint density at radius 1 is 0.939 bits per heavy atom. The maximum absolute atomic E-state index is 13.4. The molecule has 3 aromatic carbocycles. The van der Waals surface area contributed by atoms with Gasteiger partial charge in [0.1, 0.15) is 11.8 Å². The topological polar surface area (TPSA) is 58.6 Å². The summed E-state index contributed by atoms with van der Waals surface area (Å²) in [6.45, 7) is 1.95. The Hall–Kier alpha value is -3.02. The first-order valence-electron chi connectivity index (χ1n) is 10.6. The number of rotatable bonds is 9. The van der Waals surface area contributed by atoms with E-state index in [-0.39, 0.29) is 25.0 Å². The van der Waals surface area contributed by atoms with E-state index in [4.69, 9.17) is 27.9 Å². The Morgan fingerprint density at radius 2 is 1.64 bits per heavy atom. The van der Waals surface area contributed by atoms with Gasteiger partial charge in [-0.1, -0.05) is 77.3 Å². The average Bonchev–Trinajstić information content (AvgIpc) is 2.83. The lowest BCUT2D eigenvalue weighted by Gasteiger charge is -2.31. The van der Waals surface area contributed by atoms with E-state index in [1.165, 1.54) is 4.90 Å². The third-order valence-corrected chi connectivity index (χ3v) is 5.98. The molecule has 0 fully saturated rings. The summed E-state index contributed by atoms with van der Waals surface area (Å²) < 4.78 is 5.73. The SMILES string of the molecule is CNC(=O)[C@H](Cc1ccccc1)N(Cc1ccc(Cl)c(Cl)c1)C(=O)COc1ccc(C)cc1. The molecule has 33 heavy (non-hydrogen) atoms. The third-order valence-electron chi connectivity index (χ3n) is 5.24. The van der Waals surface area contributed by atoms with E-state index in [1.54, 1.807) is 25.2 Å². The minimum absolute atomic E-state index is 0.178. The van der Waals surface area contributed by atoms with Crippen molar-refractivity contribution in [2.75, 3.05) is 13.7 Å². The Kier molecular flexibility index (Phi) is 8.75. The van der Waals surface area contributed by atoms with E-state index < -0.39 is 6.04 Å². The molecule has 0 heterocycles. The fourth-order valence-corrected chi connectivity index (χ4v) is 3.74. The van der Waals surface area contributed by atoms with Crippen LogP contribution >= 0.6 is 23.2 Å². The first kappa shape index (κ1) is 24.6. The van der Waals surface area contributed by atoms with Crippen molar-refractivity contribution in [1.29, 1.82) is 0 Å². The molecule has 0 radical (unpaired) electrons. The summed E-state index contributed by atoms with van der Waals surface area (Å²) in [6.07, 6.45) is 0.359. The van der Waals surface area contributed by atoms with Gasteiger partial charge in [0.15, 0.2) is 6.61 Å². The lowest BCUT2D eigenvalue weighted by Crippen LogP contribution is -2.51. The average molecular weight is 485 g/mol. The monoisotopic (exact) mass is 484 g/mol. The highest BCUT2D eigenvalue weighted by atomic mass is 35.5. The molecule has 0 aliphatic heterocycles. The van der Waals surface area contributed by atoms with E-state index in [9.17, 15) is 9.59 Å². The summed E-state index contributed by atoms with van der Waals surface area (Å²) in [7, 11) is 1.56. The lowest BCUT2D eigenvalue weighted by molar-refractivity contribution is -0.142. The van der Waals surface area contributed by atoms with Gasteiger partial charge in [0, 0.05) is 20.0 Å². The predicted octanol–water partition coefficient (Wildman–Crippen LogP) is 5.07. The van der Waals surface area contributed by atoms with E-state index in [1.807, 2.05) is 61.5 Å². The number of nitrogens with zero attached hydrogens (tertiary/aromatic N) is 1. The first-order chi connectivity index (χ1) is 15.9. The second-order valence-electron chi connectivity index (χ2n) is 7.69. The number of carbonyl (C=O) groups is 2. The summed E-state index contributed by atoms with van der Waals surface area (Å²) in [5, 5.41) is 3.50. The molecule has 0 bridgehead atoms. The van der Waals surface area contributed by atoms with Crippen molar-refractivity contribution in [3.63, 3.8) is 0 Å². The number of likely N-dealkylation sites (N-methyl/N-ethyl adjacent to an activating group) is 1. The molecule has 1 N–H and O–H groups in total. The van der Waals surface area contributed by atoms with E-state index >= 15 is 0 Å². The molecule has 0 saturated heterocycles. The molecule has 5 nitrogen and oxygen atoms in total. The van der Waals surface area contributed by atoms with Crippen molar-refractivity contribution in [1.82, 2.24) is 10.2 Å². The molecule has 0 aromatic heterocycles. The molecule has 3 rings (SSSR count). The number of benzene rings is 3. The van der Waals surface area contributed by atoms with Crippen LogP contribution in [0.25, 0.3) is 0 Å². The van der Waals surface area contributed by atoms with Gasteiger partial charge in [0.2, 0.25) is 5.91 Å². The summed E-state index contributed by atoms with van der Waals surface area (Å²) >= 11 is 12.2. The first-order valence-corrected chi connectivity index (χ1v) is 11.3. The van der Waals surface area contributed by atoms with Gasteiger partial charge in [-0.3, -0.25) is 9.59 Å². The van der Waals surface area contributed by atoms with Crippen LogP contribution in [-0.2, 0) is 22.6 Å². The number of halogens is 2. The molecular formula is C26H26Cl2N2O3. The normalized spacial score (nSPS) is 11.5. The van der Waals surface area contributed by atoms with Crippen LogP contribution in [0.1, 0.15) is 16.7 Å². The largest absolute Gasteiger partial charge is 0.484 e. The minimum atomic E-state index is -0.735. The van der Waals surface area contributed by atoms with Crippen LogP contribution in [-0.4, -0.2) is 36.4 Å². The summed E-state index contributed by atoms with van der Waals surface area (Å²) in [5.74, 6) is 0.0109. The predicted molar refractivity (Wildman–Crippen MR) is 132 cm³/mol. The van der Waals surface area contributed by atoms with Crippen molar-refractivity contribution in [2.45, 2.75) is 25.9 Å². The van der Waals surface area contributed by atoms with Gasteiger partial charge in [-0.05, 0) is 42.3 Å². The van der Waals surface area contributed by atoms with Gasteiger partial charge in [-0.15, -0.1) is 0 Å². The summed E-state index contributed by atoms with van der Waals surface area (Å²) in [6, 6.07) is 21.5. The van der Waals surface area contributed by atoms with E-state index in [2.05, 4.69) is 5.32 Å². The number of hydrogen-bond acceptors (Lipinski definition) is 3. The van der Waals surface area contributed by atoms with Gasteiger partial charge >= 0.3 is 0 Å². The molecule has 7 heteroatoms. The number of aryl methyl sites for hydroxylation is 1.